The molecule has 0 bridgehead atoms. The Labute approximate surface area is 160 Å². The lowest BCUT2D eigenvalue weighted by Gasteiger charge is -2.21. The molecule has 2 heteroatoms. The molecule has 0 saturated carbocycles. The molecule has 2 nitrogen and oxygen atoms in total. The molecule has 27 heavy (non-hydrogen) atoms. The van der Waals surface area contributed by atoms with Gasteiger partial charge in [0.2, 0.25) is 0 Å². The Morgan fingerprint density at radius 2 is 1.52 bits per heavy atom. The van der Waals surface area contributed by atoms with E-state index in [4.69, 9.17) is 0 Å². The quantitative estimate of drug-likeness (QED) is 0.563. The summed E-state index contributed by atoms with van der Waals surface area (Å²) >= 11 is 0. The molecule has 0 fully saturated rings. The van der Waals surface area contributed by atoms with Crippen LogP contribution in [0.3, 0.4) is 0 Å². The smallest absolute Gasteiger partial charge is 0.125 e. The highest BCUT2D eigenvalue weighted by Crippen LogP contribution is 2.35. The molecule has 3 aromatic rings. The van der Waals surface area contributed by atoms with Crippen molar-refractivity contribution in [2.45, 2.75) is 19.3 Å². The Bertz CT molecular complexity index is 971. The van der Waals surface area contributed by atoms with Crippen molar-refractivity contribution in [2.24, 2.45) is 0 Å². The summed E-state index contributed by atoms with van der Waals surface area (Å²) in [6.45, 7) is 9.52. The van der Waals surface area contributed by atoms with Gasteiger partial charge in [-0.3, -0.25) is 0 Å². The lowest BCUT2D eigenvalue weighted by Crippen LogP contribution is -2.06. The van der Waals surface area contributed by atoms with Gasteiger partial charge in [-0.05, 0) is 53.8 Å². The van der Waals surface area contributed by atoms with E-state index in [1.165, 1.54) is 5.56 Å². The first-order valence-corrected chi connectivity index (χ1v) is 8.98. The second kappa shape index (κ2) is 7.96. The van der Waals surface area contributed by atoms with Crippen molar-refractivity contribution in [3.8, 4) is 11.5 Å². The van der Waals surface area contributed by atoms with Gasteiger partial charge >= 0.3 is 0 Å². The van der Waals surface area contributed by atoms with E-state index >= 15 is 0 Å². The number of hydrogen-bond acceptors (Lipinski definition) is 2. The van der Waals surface area contributed by atoms with Crippen LogP contribution in [0.4, 0.5) is 0 Å². The van der Waals surface area contributed by atoms with Crippen LogP contribution in [0.15, 0.2) is 73.8 Å². The fraction of sp³-hybridized carbons (Fsp3) is 0.120. The predicted molar refractivity (Wildman–Crippen MR) is 113 cm³/mol. The van der Waals surface area contributed by atoms with Crippen molar-refractivity contribution >= 4 is 12.2 Å². The highest BCUT2D eigenvalue weighted by atomic mass is 16.3. The highest BCUT2D eigenvalue weighted by Gasteiger charge is 2.18. The lowest BCUT2D eigenvalue weighted by atomic mass is 9.83. The number of rotatable bonds is 6. The summed E-state index contributed by atoms with van der Waals surface area (Å²) in [5, 5.41) is 20.3. The fourth-order valence-corrected chi connectivity index (χ4v) is 3.42. The number of phenolic OH excluding ortho intramolecular Hbond substituents is 2. The van der Waals surface area contributed by atoms with Gasteiger partial charge in [0.25, 0.3) is 0 Å². The third-order valence-corrected chi connectivity index (χ3v) is 4.93. The van der Waals surface area contributed by atoms with E-state index in [1.54, 1.807) is 18.2 Å². The molecule has 0 aliphatic rings. The van der Waals surface area contributed by atoms with Gasteiger partial charge in [-0.25, -0.2) is 0 Å². The van der Waals surface area contributed by atoms with Crippen LogP contribution in [-0.4, -0.2) is 10.2 Å². The van der Waals surface area contributed by atoms with E-state index in [0.29, 0.717) is 5.56 Å². The van der Waals surface area contributed by atoms with Crippen molar-refractivity contribution in [1.82, 2.24) is 0 Å². The van der Waals surface area contributed by atoms with Crippen LogP contribution in [0.1, 0.15) is 39.3 Å². The van der Waals surface area contributed by atoms with Crippen LogP contribution >= 0.6 is 0 Å². The molecule has 136 valence electrons. The highest BCUT2D eigenvalue weighted by molar-refractivity contribution is 5.61. The zero-order chi connectivity index (χ0) is 19.4. The summed E-state index contributed by atoms with van der Waals surface area (Å²) in [5.41, 5.74) is 5.68. The van der Waals surface area contributed by atoms with Crippen LogP contribution in [0, 0.1) is 6.92 Å². The molecular weight excluding hydrogens is 332 g/mol. The van der Waals surface area contributed by atoms with Gasteiger partial charge in [-0.2, -0.15) is 0 Å². The second-order valence-electron chi connectivity index (χ2n) is 6.74. The molecule has 1 unspecified atom stereocenters. The molecule has 0 aromatic heterocycles. The minimum Gasteiger partial charge on any atom is -0.507 e. The topological polar surface area (TPSA) is 40.5 Å². The minimum absolute atomic E-state index is 0.0738. The SMILES string of the molecule is C=Cc1cc(C(Cc2ccccc2)c2cc(C)c(O)c(C=C)c2)ccc1O. The molecule has 3 rings (SSSR count). The lowest BCUT2D eigenvalue weighted by molar-refractivity contribution is 0.469. The number of aromatic hydroxyl groups is 2. The zero-order valence-corrected chi connectivity index (χ0v) is 15.5. The molecule has 0 saturated heterocycles. The van der Waals surface area contributed by atoms with Crippen molar-refractivity contribution in [1.29, 1.82) is 0 Å². The van der Waals surface area contributed by atoms with Crippen LogP contribution in [0.2, 0.25) is 0 Å². The van der Waals surface area contributed by atoms with Crippen molar-refractivity contribution < 1.29 is 10.2 Å². The Balaban J connectivity index is 2.14. The molecule has 2 N–H and O–H groups in total. The first-order chi connectivity index (χ1) is 13.0. The molecule has 0 aliphatic heterocycles. The Kier molecular flexibility index (Phi) is 5.46. The van der Waals surface area contributed by atoms with Gasteiger partial charge in [-0.15, -0.1) is 0 Å². The van der Waals surface area contributed by atoms with Gasteiger partial charge < -0.3 is 10.2 Å². The average Bonchev–Trinajstić information content (AvgIpc) is 2.69. The predicted octanol–water partition coefficient (Wildman–Crippen LogP) is 6.07. The molecule has 0 amide bonds. The van der Waals surface area contributed by atoms with E-state index in [0.717, 1.165) is 28.7 Å². The summed E-state index contributed by atoms with van der Waals surface area (Å²) in [5.74, 6) is 0.565. The maximum Gasteiger partial charge on any atom is 0.125 e. The van der Waals surface area contributed by atoms with Gasteiger partial charge in [0.1, 0.15) is 11.5 Å². The first kappa shape index (κ1) is 18.5. The molecule has 0 spiro atoms. The molecular formula is C25H24O2. The van der Waals surface area contributed by atoms with Crippen molar-refractivity contribution in [3.05, 3.63) is 107 Å². The van der Waals surface area contributed by atoms with Crippen LogP contribution in [0.5, 0.6) is 11.5 Å². The number of benzene rings is 3. The van der Waals surface area contributed by atoms with Crippen LogP contribution in [-0.2, 0) is 6.42 Å². The number of phenols is 2. The fourth-order valence-electron chi connectivity index (χ4n) is 3.42. The average molecular weight is 356 g/mol. The maximum atomic E-state index is 10.3. The normalized spacial score (nSPS) is 11.7. The largest absolute Gasteiger partial charge is 0.507 e. The molecule has 0 heterocycles. The van der Waals surface area contributed by atoms with Crippen molar-refractivity contribution in [3.63, 3.8) is 0 Å². The third kappa shape index (κ3) is 3.95. The number of aryl methyl sites for hydroxylation is 1. The summed E-state index contributed by atoms with van der Waals surface area (Å²) in [6, 6.07) is 20.0. The van der Waals surface area contributed by atoms with Crippen LogP contribution in [0.25, 0.3) is 12.2 Å². The van der Waals surface area contributed by atoms with Gasteiger partial charge in [0.15, 0.2) is 0 Å². The van der Waals surface area contributed by atoms with Crippen LogP contribution < -0.4 is 0 Å². The van der Waals surface area contributed by atoms with E-state index in [2.05, 4.69) is 25.3 Å². The molecule has 1 atom stereocenters. The van der Waals surface area contributed by atoms with E-state index in [9.17, 15) is 10.2 Å². The van der Waals surface area contributed by atoms with Gasteiger partial charge in [0, 0.05) is 17.0 Å². The Hall–Kier alpha value is -3.26. The third-order valence-electron chi connectivity index (χ3n) is 4.93. The van der Waals surface area contributed by atoms with Crippen molar-refractivity contribution in [2.75, 3.05) is 0 Å². The summed E-state index contributed by atoms with van der Waals surface area (Å²) in [4.78, 5) is 0. The zero-order valence-electron chi connectivity index (χ0n) is 15.5. The van der Waals surface area contributed by atoms with E-state index in [1.807, 2.05) is 49.4 Å². The monoisotopic (exact) mass is 356 g/mol. The summed E-state index contributed by atoms with van der Waals surface area (Å²) < 4.78 is 0. The van der Waals surface area contributed by atoms with E-state index in [-0.39, 0.29) is 17.4 Å². The van der Waals surface area contributed by atoms with Gasteiger partial charge in [0.05, 0.1) is 0 Å². The first-order valence-electron chi connectivity index (χ1n) is 8.98. The number of hydrogen-bond donors (Lipinski definition) is 2. The van der Waals surface area contributed by atoms with Gasteiger partial charge in [-0.1, -0.05) is 67.8 Å². The summed E-state index contributed by atoms with van der Waals surface area (Å²) in [6.07, 6.45) is 4.15. The summed E-state index contributed by atoms with van der Waals surface area (Å²) in [7, 11) is 0. The molecule has 0 radical (unpaired) electrons. The standard InChI is InChI=1S/C25H24O2/c1-4-19-15-21(11-12-24(19)26)23(14-18-9-7-6-8-10-18)22-13-17(3)25(27)20(5-2)16-22/h4-13,15-16,23,26-27H,1-2,14H2,3H3. The maximum absolute atomic E-state index is 10.3. The Morgan fingerprint density at radius 1 is 0.852 bits per heavy atom. The van der Waals surface area contributed by atoms with E-state index < -0.39 is 0 Å². The Morgan fingerprint density at radius 3 is 2.19 bits per heavy atom. The second-order valence-corrected chi connectivity index (χ2v) is 6.74. The molecule has 0 aliphatic carbocycles. The minimum atomic E-state index is 0.0738. The molecule has 3 aromatic carbocycles.